The highest BCUT2D eigenvalue weighted by atomic mass is 32.1. The Balaban J connectivity index is 1.73. The van der Waals surface area contributed by atoms with Crippen molar-refractivity contribution in [2.45, 2.75) is 13.2 Å². The second kappa shape index (κ2) is 6.77. The van der Waals surface area contributed by atoms with Crippen LogP contribution in [0.3, 0.4) is 0 Å². The third-order valence-corrected chi connectivity index (χ3v) is 2.75. The molecule has 0 unspecified atom stereocenters. The first-order valence-corrected chi connectivity index (χ1v) is 6.24. The van der Waals surface area contributed by atoms with Crippen LogP contribution in [0.2, 0.25) is 0 Å². The highest BCUT2D eigenvalue weighted by Crippen LogP contribution is 2.01. The van der Waals surface area contributed by atoms with E-state index in [1.54, 1.807) is 0 Å². The summed E-state index contributed by atoms with van der Waals surface area (Å²) in [6, 6.07) is 20.1. The number of hydrogen-bond donors (Lipinski definition) is 1. The summed E-state index contributed by atoms with van der Waals surface area (Å²) in [7, 11) is 0. The van der Waals surface area contributed by atoms with Crippen LogP contribution in [0.4, 0.5) is 0 Å². The van der Waals surface area contributed by atoms with Gasteiger partial charge < -0.3 is 10.1 Å². The molecule has 3 heteroatoms. The van der Waals surface area contributed by atoms with Crippen LogP contribution in [0.25, 0.3) is 0 Å². The molecule has 1 N–H and O–H groups in total. The lowest BCUT2D eigenvalue weighted by Crippen LogP contribution is -2.23. The SMILES string of the molecule is S=C(NCc1ccccc1)OCc1ccccc1. The van der Waals surface area contributed by atoms with Gasteiger partial charge in [0.05, 0.1) is 0 Å². The maximum absolute atomic E-state index is 5.47. The molecule has 0 amide bonds. The van der Waals surface area contributed by atoms with Crippen molar-refractivity contribution < 1.29 is 4.74 Å². The molecule has 92 valence electrons. The van der Waals surface area contributed by atoms with Gasteiger partial charge in [-0.25, -0.2) is 0 Å². The van der Waals surface area contributed by atoms with Gasteiger partial charge in [-0.3, -0.25) is 0 Å². The molecule has 0 aromatic heterocycles. The molecule has 0 atom stereocenters. The van der Waals surface area contributed by atoms with E-state index in [0.29, 0.717) is 18.3 Å². The zero-order valence-electron chi connectivity index (χ0n) is 10.0. The first-order chi connectivity index (χ1) is 8.84. The fourth-order valence-electron chi connectivity index (χ4n) is 1.54. The summed E-state index contributed by atoms with van der Waals surface area (Å²) in [5.41, 5.74) is 2.30. The van der Waals surface area contributed by atoms with Crippen LogP contribution >= 0.6 is 12.2 Å². The van der Waals surface area contributed by atoms with E-state index >= 15 is 0 Å². The molecule has 0 radical (unpaired) electrons. The van der Waals surface area contributed by atoms with Crippen molar-refractivity contribution in [2.24, 2.45) is 0 Å². The third kappa shape index (κ3) is 4.18. The topological polar surface area (TPSA) is 21.3 Å². The molecule has 0 spiro atoms. The molecule has 2 aromatic rings. The van der Waals surface area contributed by atoms with Crippen LogP contribution in [-0.2, 0) is 17.9 Å². The van der Waals surface area contributed by atoms with Gasteiger partial charge in [0.2, 0.25) is 0 Å². The Morgan fingerprint density at radius 1 is 0.889 bits per heavy atom. The predicted molar refractivity (Wildman–Crippen MR) is 77.1 cm³/mol. The lowest BCUT2D eigenvalue weighted by molar-refractivity contribution is 0.286. The van der Waals surface area contributed by atoms with Gasteiger partial charge in [0.1, 0.15) is 6.61 Å². The molecular formula is C15H15NOS. The summed E-state index contributed by atoms with van der Waals surface area (Å²) in [6.45, 7) is 1.19. The Bertz CT molecular complexity index is 439. The Morgan fingerprint density at radius 3 is 2.06 bits per heavy atom. The van der Waals surface area contributed by atoms with Gasteiger partial charge in [-0.2, -0.15) is 0 Å². The molecule has 2 rings (SSSR count). The normalized spacial score (nSPS) is 9.78. The first kappa shape index (κ1) is 12.6. The summed E-state index contributed by atoms with van der Waals surface area (Å²) >= 11 is 5.12. The average Bonchev–Trinajstić information content (AvgIpc) is 2.45. The van der Waals surface area contributed by atoms with Crippen molar-refractivity contribution in [3.8, 4) is 0 Å². The maximum Gasteiger partial charge on any atom is 0.257 e. The lowest BCUT2D eigenvalue weighted by Gasteiger charge is -2.09. The monoisotopic (exact) mass is 257 g/mol. The molecule has 2 nitrogen and oxygen atoms in total. The van der Waals surface area contributed by atoms with Gasteiger partial charge in [-0.05, 0) is 23.3 Å². The third-order valence-electron chi connectivity index (χ3n) is 2.49. The van der Waals surface area contributed by atoms with Crippen LogP contribution in [0, 0.1) is 0 Å². The van der Waals surface area contributed by atoms with Gasteiger partial charge in [0.15, 0.2) is 0 Å². The number of rotatable bonds is 4. The van der Waals surface area contributed by atoms with Crippen molar-refractivity contribution in [3.05, 3.63) is 71.8 Å². The van der Waals surface area contributed by atoms with Crippen molar-refractivity contribution in [1.82, 2.24) is 5.32 Å². The summed E-state index contributed by atoms with van der Waals surface area (Å²) in [6.07, 6.45) is 0. The number of benzene rings is 2. The molecule has 0 aliphatic heterocycles. The highest BCUT2D eigenvalue weighted by molar-refractivity contribution is 7.80. The Hall–Kier alpha value is -1.87. The van der Waals surface area contributed by atoms with Crippen LogP contribution in [0.15, 0.2) is 60.7 Å². The molecule has 0 fully saturated rings. The number of hydrogen-bond acceptors (Lipinski definition) is 2. The van der Waals surface area contributed by atoms with Crippen LogP contribution < -0.4 is 5.32 Å². The average molecular weight is 257 g/mol. The van der Waals surface area contributed by atoms with Gasteiger partial charge in [0, 0.05) is 6.54 Å². The molecule has 18 heavy (non-hydrogen) atoms. The first-order valence-electron chi connectivity index (χ1n) is 5.83. The van der Waals surface area contributed by atoms with Gasteiger partial charge >= 0.3 is 0 Å². The van der Waals surface area contributed by atoms with Crippen molar-refractivity contribution in [2.75, 3.05) is 0 Å². The Labute approximate surface area is 113 Å². The second-order valence-corrected chi connectivity index (χ2v) is 4.27. The van der Waals surface area contributed by atoms with Crippen LogP contribution in [0.5, 0.6) is 0 Å². The minimum atomic E-state index is 0.433. The predicted octanol–water partition coefficient (Wildman–Crippen LogP) is 3.28. The van der Waals surface area contributed by atoms with Crippen molar-refractivity contribution in [1.29, 1.82) is 0 Å². The molecule has 0 saturated heterocycles. The fraction of sp³-hybridized carbons (Fsp3) is 0.133. The van der Waals surface area contributed by atoms with Crippen molar-refractivity contribution in [3.63, 3.8) is 0 Å². The Kier molecular flexibility index (Phi) is 4.73. The summed E-state index contributed by atoms with van der Waals surface area (Å²) < 4.78 is 5.47. The molecule has 0 bridgehead atoms. The van der Waals surface area contributed by atoms with Crippen molar-refractivity contribution >= 4 is 17.4 Å². The van der Waals surface area contributed by atoms with E-state index < -0.39 is 0 Å². The van der Waals surface area contributed by atoms with E-state index in [1.807, 2.05) is 60.7 Å². The van der Waals surface area contributed by atoms with Gasteiger partial charge in [-0.1, -0.05) is 60.7 Å². The van der Waals surface area contributed by atoms with E-state index in [9.17, 15) is 0 Å². The molecular weight excluding hydrogens is 242 g/mol. The van der Waals surface area contributed by atoms with Crippen LogP contribution in [-0.4, -0.2) is 5.17 Å². The smallest absolute Gasteiger partial charge is 0.257 e. The van der Waals surface area contributed by atoms with Gasteiger partial charge in [-0.15, -0.1) is 0 Å². The van der Waals surface area contributed by atoms with Crippen LogP contribution in [0.1, 0.15) is 11.1 Å². The largest absolute Gasteiger partial charge is 0.466 e. The molecule has 0 aliphatic rings. The van der Waals surface area contributed by atoms with E-state index in [1.165, 1.54) is 5.56 Å². The fourth-order valence-corrected chi connectivity index (χ4v) is 1.68. The highest BCUT2D eigenvalue weighted by Gasteiger charge is 1.98. The Morgan fingerprint density at radius 2 is 1.44 bits per heavy atom. The number of nitrogens with one attached hydrogen (secondary N) is 1. The zero-order chi connectivity index (χ0) is 12.6. The quantitative estimate of drug-likeness (QED) is 0.849. The number of thiocarbonyl (C=S) groups is 1. The summed E-state index contributed by atoms with van der Waals surface area (Å²) in [5, 5.41) is 3.51. The second-order valence-electron chi connectivity index (χ2n) is 3.90. The maximum atomic E-state index is 5.47. The van der Waals surface area contributed by atoms with E-state index in [2.05, 4.69) is 5.32 Å². The molecule has 0 saturated carbocycles. The number of ether oxygens (including phenoxy) is 1. The summed E-state index contributed by atoms with van der Waals surface area (Å²) in [5.74, 6) is 0. The van der Waals surface area contributed by atoms with Gasteiger partial charge in [0.25, 0.3) is 5.17 Å². The zero-order valence-corrected chi connectivity index (χ0v) is 10.8. The van der Waals surface area contributed by atoms with E-state index in [-0.39, 0.29) is 0 Å². The molecule has 0 heterocycles. The lowest BCUT2D eigenvalue weighted by atomic mass is 10.2. The van der Waals surface area contributed by atoms with E-state index in [4.69, 9.17) is 17.0 Å². The summed E-state index contributed by atoms with van der Waals surface area (Å²) in [4.78, 5) is 0. The molecule has 0 aliphatic carbocycles. The molecule has 2 aromatic carbocycles. The minimum absolute atomic E-state index is 0.433. The standard InChI is InChI=1S/C15H15NOS/c18-15(16-11-13-7-3-1-4-8-13)17-12-14-9-5-2-6-10-14/h1-10H,11-12H2,(H,16,18). The minimum Gasteiger partial charge on any atom is -0.466 e. The van der Waals surface area contributed by atoms with E-state index in [0.717, 1.165) is 5.56 Å².